The van der Waals surface area contributed by atoms with E-state index in [0.717, 1.165) is 38.9 Å². The summed E-state index contributed by atoms with van der Waals surface area (Å²) in [6, 6.07) is 0. The van der Waals surface area contributed by atoms with Crippen molar-refractivity contribution in [2.45, 2.75) is 33.1 Å². The second kappa shape index (κ2) is 8.15. The van der Waals surface area contributed by atoms with E-state index in [1.54, 1.807) is 0 Å². The maximum absolute atomic E-state index is 12.2. The zero-order valence-electron chi connectivity index (χ0n) is 12.4. The van der Waals surface area contributed by atoms with E-state index in [-0.39, 0.29) is 18.4 Å². The van der Waals surface area contributed by atoms with Crippen molar-refractivity contribution in [3.8, 4) is 0 Å². The number of methoxy groups -OCH3 is 1. The summed E-state index contributed by atoms with van der Waals surface area (Å²) in [6.07, 6.45) is 3.08. The monoisotopic (exact) mass is 270 g/mol. The van der Waals surface area contributed by atoms with Crippen LogP contribution >= 0.6 is 0 Å². The van der Waals surface area contributed by atoms with E-state index in [4.69, 9.17) is 0 Å². The number of amides is 1. The van der Waals surface area contributed by atoms with Gasteiger partial charge in [-0.05, 0) is 31.7 Å². The number of likely N-dealkylation sites (tertiary alicyclic amines) is 1. The highest BCUT2D eigenvalue weighted by Crippen LogP contribution is 2.16. The van der Waals surface area contributed by atoms with Crippen LogP contribution in [0.25, 0.3) is 0 Å². The van der Waals surface area contributed by atoms with Gasteiger partial charge in [0.1, 0.15) is 0 Å². The van der Waals surface area contributed by atoms with Crippen LogP contribution in [-0.2, 0) is 14.3 Å². The zero-order chi connectivity index (χ0) is 14.3. The Morgan fingerprint density at radius 3 is 2.42 bits per heavy atom. The molecule has 0 radical (unpaired) electrons. The zero-order valence-corrected chi connectivity index (χ0v) is 12.4. The molecule has 1 fully saturated rings. The first-order valence-corrected chi connectivity index (χ1v) is 7.13. The van der Waals surface area contributed by atoms with Crippen molar-refractivity contribution >= 4 is 11.9 Å². The Kier molecular flexibility index (Phi) is 6.84. The summed E-state index contributed by atoms with van der Waals surface area (Å²) in [6.45, 7) is 7.21. The van der Waals surface area contributed by atoms with Gasteiger partial charge in [-0.1, -0.05) is 13.8 Å². The molecule has 5 heteroatoms. The van der Waals surface area contributed by atoms with Crippen LogP contribution in [0.1, 0.15) is 33.1 Å². The first kappa shape index (κ1) is 16.0. The van der Waals surface area contributed by atoms with Gasteiger partial charge in [-0.2, -0.15) is 0 Å². The Morgan fingerprint density at radius 2 is 1.89 bits per heavy atom. The molecule has 110 valence electrons. The maximum atomic E-state index is 12.2. The minimum atomic E-state index is -0.284. The van der Waals surface area contributed by atoms with Gasteiger partial charge in [0.25, 0.3) is 0 Å². The lowest BCUT2D eigenvalue weighted by Crippen LogP contribution is -2.45. The number of piperidine rings is 1. The second-order valence-electron chi connectivity index (χ2n) is 5.35. The number of carbonyl (C=O) groups is 2. The van der Waals surface area contributed by atoms with Crippen LogP contribution in [0.3, 0.4) is 0 Å². The maximum Gasteiger partial charge on any atom is 0.319 e. The molecule has 0 aliphatic carbocycles. The van der Waals surface area contributed by atoms with Gasteiger partial charge in [-0.15, -0.1) is 0 Å². The fraction of sp³-hybridized carbons (Fsp3) is 0.857. The van der Waals surface area contributed by atoms with Crippen LogP contribution in [0.4, 0.5) is 0 Å². The molecule has 1 amide bonds. The molecule has 5 nitrogen and oxygen atoms in total. The average molecular weight is 270 g/mol. The Bertz CT molecular complexity index is 299. The van der Waals surface area contributed by atoms with Crippen molar-refractivity contribution in [3.05, 3.63) is 0 Å². The Hall–Kier alpha value is -1.10. The summed E-state index contributed by atoms with van der Waals surface area (Å²) in [5, 5.41) is 0. The van der Waals surface area contributed by atoms with E-state index in [0.29, 0.717) is 12.5 Å². The van der Waals surface area contributed by atoms with Crippen molar-refractivity contribution in [1.29, 1.82) is 0 Å². The third kappa shape index (κ3) is 5.59. The number of nitrogens with zero attached hydrogens (tertiary/aromatic N) is 2. The molecule has 1 aliphatic rings. The van der Waals surface area contributed by atoms with Crippen LogP contribution in [0.5, 0.6) is 0 Å². The molecule has 0 aromatic rings. The Morgan fingerprint density at radius 1 is 1.26 bits per heavy atom. The predicted molar refractivity (Wildman–Crippen MR) is 73.7 cm³/mol. The van der Waals surface area contributed by atoms with E-state index in [2.05, 4.69) is 11.7 Å². The van der Waals surface area contributed by atoms with Crippen molar-refractivity contribution in [1.82, 2.24) is 9.80 Å². The van der Waals surface area contributed by atoms with Crippen molar-refractivity contribution in [2.24, 2.45) is 5.92 Å². The second-order valence-corrected chi connectivity index (χ2v) is 5.35. The third-order valence-electron chi connectivity index (χ3n) is 3.62. The molecule has 0 spiro atoms. The van der Waals surface area contributed by atoms with Crippen LogP contribution in [0, 0.1) is 5.92 Å². The van der Waals surface area contributed by atoms with Gasteiger partial charge in [0, 0.05) is 13.1 Å². The molecular formula is C14H26N2O3. The normalized spacial score (nSPS) is 16.7. The molecule has 0 aromatic carbocycles. The van der Waals surface area contributed by atoms with Crippen molar-refractivity contribution in [2.75, 3.05) is 39.8 Å². The lowest BCUT2D eigenvalue weighted by molar-refractivity contribution is -0.143. The number of hydrogen-bond donors (Lipinski definition) is 0. The van der Waals surface area contributed by atoms with E-state index < -0.39 is 0 Å². The fourth-order valence-electron chi connectivity index (χ4n) is 2.33. The molecular weight excluding hydrogens is 244 g/mol. The average Bonchev–Trinajstić information content (AvgIpc) is 2.39. The molecule has 0 unspecified atom stereocenters. The van der Waals surface area contributed by atoms with Gasteiger partial charge in [-0.3, -0.25) is 14.5 Å². The van der Waals surface area contributed by atoms with Gasteiger partial charge < -0.3 is 9.64 Å². The minimum Gasteiger partial charge on any atom is -0.468 e. The number of ether oxygens (including phenoxy) is 1. The lowest BCUT2D eigenvalue weighted by Gasteiger charge is -2.32. The fourth-order valence-corrected chi connectivity index (χ4v) is 2.33. The topological polar surface area (TPSA) is 49.9 Å². The molecule has 0 aromatic heterocycles. The summed E-state index contributed by atoms with van der Waals surface area (Å²) >= 11 is 0. The minimum absolute atomic E-state index is 0.129. The number of hydrogen-bond acceptors (Lipinski definition) is 4. The Labute approximate surface area is 115 Å². The summed E-state index contributed by atoms with van der Waals surface area (Å²) in [5.74, 6) is 0.559. The van der Waals surface area contributed by atoms with E-state index in [1.165, 1.54) is 7.11 Å². The van der Waals surface area contributed by atoms with Crippen molar-refractivity contribution < 1.29 is 14.3 Å². The molecule has 0 atom stereocenters. The molecule has 1 aliphatic heterocycles. The molecule has 1 rings (SSSR count). The van der Waals surface area contributed by atoms with Gasteiger partial charge >= 0.3 is 5.97 Å². The van der Waals surface area contributed by atoms with Gasteiger partial charge in [0.05, 0.1) is 20.2 Å². The summed E-state index contributed by atoms with van der Waals surface area (Å²) < 4.78 is 4.66. The highest BCUT2D eigenvalue weighted by atomic mass is 16.5. The molecule has 0 N–H and O–H groups in total. The van der Waals surface area contributed by atoms with Gasteiger partial charge in [0.15, 0.2) is 0 Å². The highest BCUT2D eigenvalue weighted by Gasteiger charge is 2.22. The largest absolute Gasteiger partial charge is 0.468 e. The predicted octanol–water partition coefficient (Wildman–Crippen LogP) is 1.13. The lowest BCUT2D eigenvalue weighted by atomic mass is 9.99. The third-order valence-corrected chi connectivity index (χ3v) is 3.62. The molecule has 1 heterocycles. The molecule has 0 saturated carbocycles. The van der Waals surface area contributed by atoms with Gasteiger partial charge in [-0.25, -0.2) is 0 Å². The van der Waals surface area contributed by atoms with Crippen LogP contribution in [0.15, 0.2) is 0 Å². The smallest absolute Gasteiger partial charge is 0.319 e. The van der Waals surface area contributed by atoms with Crippen LogP contribution < -0.4 is 0 Å². The van der Waals surface area contributed by atoms with E-state index in [1.807, 2.05) is 16.7 Å². The Balaban J connectivity index is 2.44. The standard InChI is InChI=1S/C14H26N2O3/c1-4-7-15(11-14(18)19-3)10-13(17)16-8-5-12(2)6-9-16/h12H,4-11H2,1-3H3. The van der Waals surface area contributed by atoms with Crippen molar-refractivity contribution in [3.63, 3.8) is 0 Å². The highest BCUT2D eigenvalue weighted by molar-refractivity contribution is 5.79. The van der Waals surface area contributed by atoms with Crippen LogP contribution in [0.2, 0.25) is 0 Å². The van der Waals surface area contributed by atoms with Crippen LogP contribution in [-0.4, -0.2) is 61.5 Å². The van der Waals surface area contributed by atoms with Gasteiger partial charge in [0.2, 0.25) is 5.91 Å². The molecule has 1 saturated heterocycles. The van der Waals surface area contributed by atoms with E-state index in [9.17, 15) is 9.59 Å². The number of esters is 1. The first-order valence-electron chi connectivity index (χ1n) is 7.13. The summed E-state index contributed by atoms with van der Waals surface area (Å²) in [4.78, 5) is 27.3. The molecule has 19 heavy (non-hydrogen) atoms. The summed E-state index contributed by atoms with van der Waals surface area (Å²) in [5.41, 5.74) is 0. The first-order chi connectivity index (χ1) is 9.06. The van der Waals surface area contributed by atoms with E-state index >= 15 is 0 Å². The summed E-state index contributed by atoms with van der Waals surface area (Å²) in [7, 11) is 1.38. The SMILES string of the molecule is CCCN(CC(=O)OC)CC(=O)N1CCC(C)CC1. The molecule has 0 bridgehead atoms. The number of rotatable bonds is 6. The number of carbonyl (C=O) groups excluding carboxylic acids is 2. The quantitative estimate of drug-likeness (QED) is 0.679.